The number of halogens is 2. The fourth-order valence-corrected chi connectivity index (χ4v) is 6.14. The van der Waals surface area contributed by atoms with Gasteiger partial charge in [-0.3, -0.25) is 4.79 Å². The monoisotopic (exact) mass is 442 g/mol. The molecule has 0 aliphatic carbocycles. The molecule has 0 spiro atoms. The molecule has 0 atom stereocenters. The third-order valence-corrected chi connectivity index (χ3v) is 8.14. The zero-order valence-corrected chi connectivity index (χ0v) is 18.1. The first kappa shape index (κ1) is 21.9. The van der Waals surface area contributed by atoms with Crippen LogP contribution in [0.2, 0.25) is 0 Å². The number of carbonyl (C=O) groups is 1. The summed E-state index contributed by atoms with van der Waals surface area (Å²) in [5, 5.41) is 0. The zero-order valence-electron chi connectivity index (χ0n) is 16.5. The highest BCUT2D eigenvalue weighted by Crippen LogP contribution is 2.27. The average molecular weight is 443 g/mol. The largest absolute Gasteiger partial charge is 0.335 e. The van der Waals surface area contributed by atoms with E-state index in [-0.39, 0.29) is 37.0 Å². The molecule has 3 rings (SSSR count). The second kappa shape index (κ2) is 8.89. The second-order valence-electron chi connectivity index (χ2n) is 6.93. The molecule has 1 aromatic heterocycles. The van der Waals surface area contributed by atoms with Crippen LogP contribution in [0.4, 0.5) is 8.78 Å². The summed E-state index contributed by atoms with van der Waals surface area (Å²) in [6, 6.07) is 4.49. The Balaban J connectivity index is 1.70. The highest BCUT2D eigenvalue weighted by molar-refractivity contribution is 7.89. The molecule has 9 heteroatoms. The van der Waals surface area contributed by atoms with Gasteiger partial charge in [0.2, 0.25) is 10.0 Å². The molecular formula is C20H24F2N2O3S2. The maximum Gasteiger partial charge on any atom is 0.264 e. The summed E-state index contributed by atoms with van der Waals surface area (Å²) in [5.41, 5.74) is 1.19. The van der Waals surface area contributed by atoms with E-state index in [0.29, 0.717) is 10.9 Å². The lowest BCUT2D eigenvalue weighted by Gasteiger charge is -2.33. The fourth-order valence-electron chi connectivity index (χ4n) is 3.38. The lowest BCUT2D eigenvalue weighted by Crippen LogP contribution is -2.50. The van der Waals surface area contributed by atoms with E-state index in [1.165, 1.54) is 26.1 Å². The zero-order chi connectivity index (χ0) is 21.2. The molecule has 0 N–H and O–H groups in total. The highest BCUT2D eigenvalue weighted by atomic mass is 32.2. The minimum absolute atomic E-state index is 0.0862. The van der Waals surface area contributed by atoms with Gasteiger partial charge in [0, 0.05) is 31.1 Å². The van der Waals surface area contributed by atoms with E-state index in [1.807, 2.05) is 6.07 Å². The molecule has 1 saturated heterocycles. The Hall–Kier alpha value is -1.84. The van der Waals surface area contributed by atoms with Gasteiger partial charge in [0.25, 0.3) is 5.91 Å². The number of thiophene rings is 1. The summed E-state index contributed by atoms with van der Waals surface area (Å²) >= 11 is 1.52. The van der Waals surface area contributed by atoms with Crippen molar-refractivity contribution in [2.75, 3.05) is 26.2 Å². The van der Waals surface area contributed by atoms with E-state index in [2.05, 4.69) is 13.8 Å². The maximum absolute atomic E-state index is 13.4. The Morgan fingerprint density at radius 2 is 1.76 bits per heavy atom. The minimum Gasteiger partial charge on any atom is -0.335 e. The van der Waals surface area contributed by atoms with Gasteiger partial charge in [-0.15, -0.1) is 11.3 Å². The first-order chi connectivity index (χ1) is 13.8. The summed E-state index contributed by atoms with van der Waals surface area (Å²) in [7, 11) is -3.94. The van der Waals surface area contributed by atoms with Gasteiger partial charge in [-0.05, 0) is 42.7 Å². The number of amides is 1. The van der Waals surface area contributed by atoms with Crippen LogP contribution >= 0.6 is 11.3 Å². The summed E-state index contributed by atoms with van der Waals surface area (Å²) in [4.78, 5) is 16.2. The normalized spacial score (nSPS) is 15.7. The molecule has 1 fully saturated rings. The topological polar surface area (TPSA) is 57.7 Å². The molecule has 0 bridgehead atoms. The van der Waals surface area contributed by atoms with Crippen LogP contribution in [0.5, 0.6) is 0 Å². The average Bonchev–Trinajstić information content (AvgIpc) is 3.12. The van der Waals surface area contributed by atoms with Gasteiger partial charge < -0.3 is 4.90 Å². The number of hydrogen-bond acceptors (Lipinski definition) is 4. The number of sulfonamides is 1. The number of carbonyl (C=O) groups excluding carboxylic acids is 1. The molecule has 158 valence electrons. The smallest absolute Gasteiger partial charge is 0.264 e. The van der Waals surface area contributed by atoms with E-state index < -0.39 is 21.7 Å². The molecule has 5 nitrogen and oxygen atoms in total. The Labute approximate surface area is 174 Å². The van der Waals surface area contributed by atoms with Crippen molar-refractivity contribution in [3.8, 4) is 0 Å². The Morgan fingerprint density at radius 1 is 1.07 bits per heavy atom. The van der Waals surface area contributed by atoms with E-state index in [1.54, 1.807) is 4.90 Å². The van der Waals surface area contributed by atoms with E-state index in [9.17, 15) is 22.0 Å². The first-order valence-electron chi connectivity index (χ1n) is 9.64. The first-order valence-corrected chi connectivity index (χ1v) is 11.9. The number of aryl methyl sites for hydroxylation is 2. The molecule has 1 aliphatic rings. The van der Waals surface area contributed by atoms with Crippen molar-refractivity contribution >= 4 is 27.3 Å². The molecule has 1 aromatic carbocycles. The van der Waals surface area contributed by atoms with Gasteiger partial charge in [0.1, 0.15) is 0 Å². The predicted molar refractivity (Wildman–Crippen MR) is 109 cm³/mol. The van der Waals surface area contributed by atoms with Crippen LogP contribution in [0.15, 0.2) is 29.2 Å². The van der Waals surface area contributed by atoms with Crippen molar-refractivity contribution in [1.29, 1.82) is 0 Å². The lowest BCUT2D eigenvalue weighted by molar-refractivity contribution is 0.0702. The molecule has 2 heterocycles. The summed E-state index contributed by atoms with van der Waals surface area (Å²) in [6.45, 7) is 4.90. The quantitative estimate of drug-likeness (QED) is 0.686. The number of nitrogens with zero attached hydrogens (tertiary/aromatic N) is 2. The molecule has 29 heavy (non-hydrogen) atoms. The van der Waals surface area contributed by atoms with Crippen molar-refractivity contribution in [1.82, 2.24) is 9.21 Å². The van der Waals surface area contributed by atoms with Gasteiger partial charge in [0.15, 0.2) is 11.6 Å². The predicted octanol–water partition coefficient (Wildman–Crippen LogP) is 3.69. The van der Waals surface area contributed by atoms with Gasteiger partial charge in [-0.2, -0.15) is 4.31 Å². The summed E-state index contributed by atoms with van der Waals surface area (Å²) < 4.78 is 53.1. The van der Waals surface area contributed by atoms with Crippen LogP contribution < -0.4 is 0 Å². The van der Waals surface area contributed by atoms with Crippen molar-refractivity contribution in [3.05, 3.63) is 51.2 Å². The standard InChI is InChI=1S/C20H24F2N2O3S2/c1-3-5-18-14(4-2)12-19(28-18)20(25)23-8-10-24(11-9-23)29(26,27)15-6-7-16(21)17(22)13-15/h6-7,12-13H,3-5,8-11H2,1-2H3. The molecule has 0 saturated carbocycles. The van der Waals surface area contributed by atoms with E-state index in [4.69, 9.17) is 0 Å². The van der Waals surface area contributed by atoms with Gasteiger partial charge in [-0.1, -0.05) is 20.3 Å². The van der Waals surface area contributed by atoms with Gasteiger partial charge in [-0.25, -0.2) is 17.2 Å². The van der Waals surface area contributed by atoms with Crippen molar-refractivity contribution in [3.63, 3.8) is 0 Å². The summed E-state index contributed by atoms with van der Waals surface area (Å²) in [5.74, 6) is -2.38. The number of hydrogen-bond donors (Lipinski definition) is 0. The van der Waals surface area contributed by atoms with Crippen molar-refractivity contribution < 1.29 is 22.0 Å². The molecule has 0 radical (unpaired) electrons. The van der Waals surface area contributed by atoms with E-state index in [0.717, 1.165) is 31.4 Å². The number of benzene rings is 1. The van der Waals surface area contributed by atoms with Crippen LogP contribution in [0.1, 0.15) is 40.4 Å². The van der Waals surface area contributed by atoms with Crippen LogP contribution in [-0.4, -0.2) is 49.7 Å². The lowest BCUT2D eigenvalue weighted by atomic mass is 10.1. The minimum atomic E-state index is -3.94. The van der Waals surface area contributed by atoms with Crippen LogP contribution in [-0.2, 0) is 22.9 Å². The SMILES string of the molecule is CCCc1sc(C(=O)N2CCN(S(=O)(=O)c3ccc(F)c(F)c3)CC2)cc1CC. The number of piperazine rings is 1. The Morgan fingerprint density at radius 3 is 2.34 bits per heavy atom. The van der Waals surface area contributed by atoms with Crippen molar-refractivity contribution in [2.24, 2.45) is 0 Å². The fraction of sp³-hybridized carbons (Fsp3) is 0.450. The third-order valence-electron chi connectivity index (χ3n) is 5.02. The second-order valence-corrected chi connectivity index (χ2v) is 10.0. The molecular weight excluding hydrogens is 418 g/mol. The van der Waals surface area contributed by atoms with Gasteiger partial charge >= 0.3 is 0 Å². The number of rotatable bonds is 6. The maximum atomic E-state index is 13.4. The van der Waals surface area contributed by atoms with Crippen LogP contribution in [0.25, 0.3) is 0 Å². The van der Waals surface area contributed by atoms with Crippen molar-refractivity contribution in [2.45, 2.75) is 38.0 Å². The van der Waals surface area contributed by atoms with Gasteiger partial charge in [0.05, 0.1) is 9.77 Å². The Kier molecular flexibility index (Phi) is 6.70. The highest BCUT2D eigenvalue weighted by Gasteiger charge is 2.31. The van der Waals surface area contributed by atoms with E-state index >= 15 is 0 Å². The van der Waals surface area contributed by atoms with Crippen LogP contribution in [0, 0.1) is 11.6 Å². The molecule has 1 amide bonds. The molecule has 1 aliphatic heterocycles. The van der Waals surface area contributed by atoms with Crippen LogP contribution in [0.3, 0.4) is 0 Å². The molecule has 2 aromatic rings. The Bertz CT molecular complexity index is 997. The third kappa shape index (κ3) is 4.51. The molecule has 0 unspecified atom stereocenters. The summed E-state index contributed by atoms with van der Waals surface area (Å²) in [6.07, 6.45) is 2.84.